The molecule has 1 aromatic carbocycles. The van der Waals surface area contributed by atoms with Crippen molar-refractivity contribution in [2.75, 3.05) is 60.5 Å². The van der Waals surface area contributed by atoms with Gasteiger partial charge >= 0.3 is 0 Å². The Bertz CT molecular complexity index is 846. The molecule has 1 N–H and O–H groups in total. The summed E-state index contributed by atoms with van der Waals surface area (Å²) in [6.45, 7) is 6.81. The Morgan fingerprint density at radius 3 is 2.59 bits per heavy atom. The molecule has 2 aliphatic rings. The fourth-order valence-electron chi connectivity index (χ4n) is 5.02. The van der Waals surface area contributed by atoms with Crippen LogP contribution in [-0.4, -0.2) is 86.3 Å². The minimum absolute atomic E-state index is 0.402. The zero-order chi connectivity index (χ0) is 22.3. The van der Waals surface area contributed by atoms with Crippen LogP contribution in [0, 0.1) is 5.92 Å². The van der Waals surface area contributed by atoms with Crippen LogP contribution in [0.1, 0.15) is 30.1 Å². The minimum atomic E-state index is 0.402. The van der Waals surface area contributed by atoms with Crippen molar-refractivity contribution in [3.63, 3.8) is 0 Å². The number of hydrogen-bond donors (Lipinski definition) is 1. The highest BCUT2D eigenvalue weighted by molar-refractivity contribution is 5.80. The molecule has 1 aromatic heterocycles. The number of rotatable bonds is 6. The highest BCUT2D eigenvalue weighted by Crippen LogP contribution is 2.35. The maximum absolute atomic E-state index is 5.35. The molecule has 2 aromatic rings. The second kappa shape index (κ2) is 10.8. The van der Waals surface area contributed by atoms with Crippen LogP contribution in [-0.2, 0) is 6.54 Å². The number of piperazine rings is 1. The Hall–Kier alpha value is -2.58. The number of piperidine rings is 1. The number of benzene rings is 1. The lowest BCUT2D eigenvalue weighted by Crippen LogP contribution is -2.53. The van der Waals surface area contributed by atoms with Crippen molar-refractivity contribution >= 4 is 5.96 Å². The molecule has 0 saturated carbocycles. The van der Waals surface area contributed by atoms with E-state index >= 15 is 0 Å². The second-order valence-corrected chi connectivity index (χ2v) is 8.78. The summed E-state index contributed by atoms with van der Waals surface area (Å²) in [5.41, 5.74) is 2.35. The first-order chi connectivity index (χ1) is 15.7. The Balaban J connectivity index is 1.33. The molecular formula is C24H36N6O2. The zero-order valence-corrected chi connectivity index (χ0v) is 19.5. The van der Waals surface area contributed by atoms with E-state index in [0.717, 1.165) is 63.2 Å². The second-order valence-electron chi connectivity index (χ2n) is 8.78. The zero-order valence-electron chi connectivity index (χ0n) is 19.5. The highest BCUT2D eigenvalue weighted by Gasteiger charge is 2.31. The van der Waals surface area contributed by atoms with E-state index in [2.05, 4.69) is 61.5 Å². The van der Waals surface area contributed by atoms with Gasteiger partial charge in [0.25, 0.3) is 0 Å². The van der Waals surface area contributed by atoms with E-state index in [0.29, 0.717) is 12.0 Å². The monoisotopic (exact) mass is 440 g/mol. The van der Waals surface area contributed by atoms with Crippen LogP contribution in [0.25, 0.3) is 0 Å². The van der Waals surface area contributed by atoms with Crippen LogP contribution in [0.5, 0.6) is 5.75 Å². The van der Waals surface area contributed by atoms with Gasteiger partial charge in [0.05, 0.1) is 12.8 Å². The Morgan fingerprint density at radius 2 is 1.94 bits per heavy atom. The Kier molecular flexibility index (Phi) is 7.65. The van der Waals surface area contributed by atoms with Crippen LogP contribution in [0.4, 0.5) is 0 Å². The third-order valence-corrected chi connectivity index (χ3v) is 6.75. The summed E-state index contributed by atoms with van der Waals surface area (Å²) in [6.07, 6.45) is 4.09. The molecule has 32 heavy (non-hydrogen) atoms. The summed E-state index contributed by atoms with van der Waals surface area (Å²) in [4.78, 5) is 11.9. The normalized spacial score (nSPS) is 23.3. The predicted octanol–water partition coefficient (Wildman–Crippen LogP) is 2.46. The van der Waals surface area contributed by atoms with Gasteiger partial charge in [-0.1, -0.05) is 17.3 Å². The number of aliphatic imine (C=N–C) groups is 1. The molecule has 2 saturated heterocycles. The molecule has 0 aliphatic carbocycles. The number of methoxy groups -OCH3 is 1. The van der Waals surface area contributed by atoms with E-state index in [1.807, 2.05) is 13.1 Å². The average molecular weight is 441 g/mol. The van der Waals surface area contributed by atoms with Crippen LogP contribution in [0.2, 0.25) is 0 Å². The van der Waals surface area contributed by atoms with Gasteiger partial charge < -0.3 is 19.5 Å². The van der Waals surface area contributed by atoms with Gasteiger partial charge in [0.15, 0.2) is 5.96 Å². The molecule has 4 rings (SSSR count). The molecule has 8 nitrogen and oxygen atoms in total. The lowest BCUT2D eigenvalue weighted by Gasteiger charge is -2.41. The van der Waals surface area contributed by atoms with Gasteiger partial charge in [0, 0.05) is 58.4 Å². The number of likely N-dealkylation sites (tertiary alicyclic amines) is 1. The largest absolute Gasteiger partial charge is 0.497 e. The molecule has 2 atom stereocenters. The molecule has 0 bridgehead atoms. The molecule has 0 radical (unpaired) electrons. The average Bonchev–Trinajstić information content (AvgIpc) is 3.34. The van der Waals surface area contributed by atoms with E-state index in [1.165, 1.54) is 18.4 Å². The van der Waals surface area contributed by atoms with Gasteiger partial charge in [0.2, 0.25) is 0 Å². The summed E-state index contributed by atoms with van der Waals surface area (Å²) in [5.74, 6) is 2.45. The maximum atomic E-state index is 5.35. The number of ether oxygens (including phenoxy) is 1. The first-order valence-electron chi connectivity index (χ1n) is 11.6. The fourth-order valence-corrected chi connectivity index (χ4v) is 5.02. The van der Waals surface area contributed by atoms with Crippen LogP contribution in [0.15, 0.2) is 46.1 Å². The van der Waals surface area contributed by atoms with Gasteiger partial charge in [-0.2, -0.15) is 0 Å². The van der Waals surface area contributed by atoms with Crippen LogP contribution >= 0.6 is 0 Å². The van der Waals surface area contributed by atoms with Crippen molar-refractivity contribution < 1.29 is 9.26 Å². The number of nitrogens with zero attached hydrogens (tertiary/aromatic N) is 5. The fraction of sp³-hybridized carbons (Fsp3) is 0.583. The SMILES string of the molecule is CN=C(NCC1CCCN(C)C1c1ccc(OC)cc1)N1CCN(Cc2ccon2)CC1. The molecule has 2 unspecified atom stereocenters. The molecule has 2 fully saturated rings. The number of hydrogen-bond acceptors (Lipinski definition) is 6. The van der Waals surface area contributed by atoms with Crippen molar-refractivity contribution in [1.29, 1.82) is 0 Å². The Morgan fingerprint density at radius 1 is 1.16 bits per heavy atom. The summed E-state index contributed by atoms with van der Waals surface area (Å²) in [5, 5.41) is 7.72. The Labute approximate surface area is 191 Å². The van der Waals surface area contributed by atoms with Gasteiger partial charge in [-0.3, -0.25) is 14.8 Å². The molecule has 8 heteroatoms. The van der Waals surface area contributed by atoms with Gasteiger partial charge in [0.1, 0.15) is 12.0 Å². The standard InChI is InChI=1S/C24H36N6O2/c1-25-24(30-14-12-29(13-15-30)18-21-10-16-32-27-21)26-17-20-5-4-11-28(2)23(20)19-6-8-22(31-3)9-7-19/h6-10,16,20,23H,4-5,11-15,17-18H2,1-3H3,(H,25,26). The molecule has 0 amide bonds. The minimum Gasteiger partial charge on any atom is -0.497 e. The van der Waals surface area contributed by atoms with E-state index < -0.39 is 0 Å². The first kappa shape index (κ1) is 22.6. The van der Waals surface area contributed by atoms with Gasteiger partial charge in [-0.25, -0.2) is 0 Å². The van der Waals surface area contributed by atoms with Crippen molar-refractivity contribution in [2.24, 2.45) is 10.9 Å². The predicted molar refractivity (Wildman–Crippen MR) is 126 cm³/mol. The first-order valence-corrected chi connectivity index (χ1v) is 11.6. The van der Waals surface area contributed by atoms with Crippen molar-refractivity contribution in [3.05, 3.63) is 47.9 Å². The summed E-state index contributed by atoms with van der Waals surface area (Å²) >= 11 is 0. The topological polar surface area (TPSA) is 69.4 Å². The third-order valence-electron chi connectivity index (χ3n) is 6.75. The van der Waals surface area contributed by atoms with Crippen molar-refractivity contribution in [1.82, 2.24) is 25.2 Å². The van der Waals surface area contributed by atoms with Crippen LogP contribution in [0.3, 0.4) is 0 Å². The number of aromatic nitrogens is 1. The molecular weight excluding hydrogens is 404 g/mol. The maximum Gasteiger partial charge on any atom is 0.193 e. The van der Waals surface area contributed by atoms with Gasteiger partial charge in [-0.15, -0.1) is 0 Å². The number of nitrogens with one attached hydrogen (secondary N) is 1. The van der Waals surface area contributed by atoms with Crippen molar-refractivity contribution in [3.8, 4) is 5.75 Å². The molecule has 2 aliphatic heterocycles. The van der Waals surface area contributed by atoms with E-state index in [1.54, 1.807) is 13.4 Å². The van der Waals surface area contributed by atoms with E-state index in [4.69, 9.17) is 9.26 Å². The molecule has 0 spiro atoms. The summed E-state index contributed by atoms with van der Waals surface area (Å²) in [6, 6.07) is 10.9. The summed E-state index contributed by atoms with van der Waals surface area (Å²) < 4.78 is 10.3. The van der Waals surface area contributed by atoms with E-state index in [9.17, 15) is 0 Å². The number of guanidine groups is 1. The lowest BCUT2D eigenvalue weighted by atomic mass is 9.85. The van der Waals surface area contributed by atoms with Gasteiger partial charge in [-0.05, 0) is 50.0 Å². The van der Waals surface area contributed by atoms with E-state index in [-0.39, 0.29) is 0 Å². The quantitative estimate of drug-likeness (QED) is 0.547. The highest BCUT2D eigenvalue weighted by atomic mass is 16.5. The van der Waals surface area contributed by atoms with Crippen molar-refractivity contribution in [2.45, 2.75) is 25.4 Å². The third kappa shape index (κ3) is 5.42. The smallest absolute Gasteiger partial charge is 0.193 e. The summed E-state index contributed by atoms with van der Waals surface area (Å²) in [7, 11) is 5.84. The lowest BCUT2D eigenvalue weighted by molar-refractivity contribution is 0.121. The molecule has 174 valence electrons. The van der Waals surface area contributed by atoms with Crippen LogP contribution < -0.4 is 10.1 Å². The molecule has 3 heterocycles.